The van der Waals surface area contributed by atoms with Crippen molar-refractivity contribution in [2.24, 2.45) is 7.05 Å². The zero-order valence-corrected chi connectivity index (χ0v) is 9.46. The van der Waals surface area contributed by atoms with Gasteiger partial charge in [-0.3, -0.25) is 10.1 Å². The van der Waals surface area contributed by atoms with Crippen molar-refractivity contribution in [3.63, 3.8) is 0 Å². The van der Waals surface area contributed by atoms with E-state index in [1.165, 1.54) is 12.1 Å². The van der Waals surface area contributed by atoms with E-state index in [1.54, 1.807) is 6.07 Å². The maximum absolute atomic E-state index is 10.6. The van der Waals surface area contributed by atoms with Crippen molar-refractivity contribution in [1.29, 1.82) is 0 Å². The number of imidazole rings is 1. The summed E-state index contributed by atoms with van der Waals surface area (Å²) in [5.41, 5.74) is 1.53. The molecule has 1 heterocycles. The maximum Gasteiger partial charge on any atom is 0.271 e. The number of aliphatic hydroxyl groups excluding tert-OH is 1. The molecule has 0 spiro atoms. The minimum atomic E-state index is -0.429. The van der Waals surface area contributed by atoms with Gasteiger partial charge in [0.1, 0.15) is 5.82 Å². The predicted octanol–water partition coefficient (Wildman–Crippen LogP) is 1.41. The van der Waals surface area contributed by atoms with Crippen LogP contribution in [0.5, 0.6) is 0 Å². The van der Waals surface area contributed by atoms with Crippen LogP contribution in [0.15, 0.2) is 18.2 Å². The minimum Gasteiger partial charge on any atom is -0.396 e. The smallest absolute Gasteiger partial charge is 0.271 e. The Kier molecular flexibility index (Phi) is 3.06. The minimum absolute atomic E-state index is 0.0457. The van der Waals surface area contributed by atoms with Gasteiger partial charge in [0.2, 0.25) is 0 Å². The Morgan fingerprint density at radius 3 is 2.94 bits per heavy atom. The Morgan fingerprint density at radius 2 is 2.29 bits per heavy atom. The van der Waals surface area contributed by atoms with Gasteiger partial charge in [0.25, 0.3) is 5.69 Å². The zero-order valence-electron chi connectivity index (χ0n) is 9.46. The fourth-order valence-electron chi connectivity index (χ4n) is 1.81. The SMILES string of the molecule is Cn1c(CCCO)nc2cc([N+](=O)[O-])ccc21. The summed E-state index contributed by atoms with van der Waals surface area (Å²) in [6.45, 7) is 0.114. The van der Waals surface area contributed by atoms with Crippen molar-refractivity contribution in [2.75, 3.05) is 6.61 Å². The number of aliphatic hydroxyl groups is 1. The molecule has 2 rings (SSSR count). The summed E-state index contributed by atoms with van der Waals surface area (Å²) < 4.78 is 1.90. The van der Waals surface area contributed by atoms with E-state index < -0.39 is 4.92 Å². The molecule has 0 fully saturated rings. The van der Waals surface area contributed by atoms with E-state index in [9.17, 15) is 10.1 Å². The van der Waals surface area contributed by atoms with Crippen LogP contribution >= 0.6 is 0 Å². The Morgan fingerprint density at radius 1 is 1.53 bits per heavy atom. The lowest BCUT2D eigenvalue weighted by atomic mass is 10.3. The highest BCUT2D eigenvalue weighted by atomic mass is 16.6. The van der Waals surface area contributed by atoms with E-state index in [0.717, 1.165) is 11.3 Å². The lowest BCUT2D eigenvalue weighted by molar-refractivity contribution is -0.384. The van der Waals surface area contributed by atoms with Gasteiger partial charge in [0.05, 0.1) is 16.0 Å². The number of non-ortho nitro benzene ring substituents is 1. The molecule has 0 saturated carbocycles. The molecular formula is C11H13N3O3. The summed E-state index contributed by atoms with van der Waals surface area (Å²) in [4.78, 5) is 14.6. The Labute approximate surface area is 97.7 Å². The van der Waals surface area contributed by atoms with Gasteiger partial charge in [-0.15, -0.1) is 0 Å². The Balaban J connectivity index is 2.45. The van der Waals surface area contributed by atoms with Gasteiger partial charge in [-0.25, -0.2) is 4.98 Å². The normalized spacial score (nSPS) is 10.9. The molecule has 6 nitrogen and oxygen atoms in total. The number of nitro benzene ring substituents is 1. The molecule has 17 heavy (non-hydrogen) atoms. The van der Waals surface area contributed by atoms with Crippen molar-refractivity contribution < 1.29 is 10.0 Å². The molecule has 0 saturated heterocycles. The fraction of sp³-hybridized carbons (Fsp3) is 0.364. The Bertz CT molecular complexity index is 562. The van der Waals surface area contributed by atoms with Gasteiger partial charge in [-0.2, -0.15) is 0 Å². The van der Waals surface area contributed by atoms with E-state index in [4.69, 9.17) is 5.11 Å². The molecule has 0 atom stereocenters. The quantitative estimate of drug-likeness (QED) is 0.641. The summed E-state index contributed by atoms with van der Waals surface area (Å²) in [6, 6.07) is 4.64. The van der Waals surface area contributed by atoms with Crippen LogP contribution in [0.3, 0.4) is 0 Å². The Hall–Kier alpha value is -1.95. The number of hydrogen-bond acceptors (Lipinski definition) is 4. The molecule has 0 bridgehead atoms. The highest BCUT2D eigenvalue weighted by Crippen LogP contribution is 2.21. The van der Waals surface area contributed by atoms with Crippen molar-refractivity contribution in [1.82, 2.24) is 9.55 Å². The summed E-state index contributed by atoms with van der Waals surface area (Å²) in [5, 5.41) is 19.4. The van der Waals surface area contributed by atoms with Gasteiger partial charge in [-0.05, 0) is 12.5 Å². The second kappa shape index (κ2) is 4.50. The van der Waals surface area contributed by atoms with E-state index >= 15 is 0 Å². The molecule has 6 heteroatoms. The van der Waals surface area contributed by atoms with E-state index in [2.05, 4.69) is 4.98 Å². The number of aromatic nitrogens is 2. The molecule has 0 aliphatic heterocycles. The van der Waals surface area contributed by atoms with Crippen LogP contribution in [-0.2, 0) is 13.5 Å². The molecule has 0 radical (unpaired) electrons. The average Bonchev–Trinajstić information content (AvgIpc) is 2.63. The van der Waals surface area contributed by atoms with Gasteiger partial charge >= 0.3 is 0 Å². The van der Waals surface area contributed by atoms with E-state index in [1.807, 2.05) is 11.6 Å². The van der Waals surface area contributed by atoms with Crippen LogP contribution in [0.1, 0.15) is 12.2 Å². The lowest BCUT2D eigenvalue weighted by Gasteiger charge is -2.00. The standard InChI is InChI=1S/C11H13N3O3/c1-13-10-5-4-8(14(16)17)7-9(10)12-11(13)3-2-6-15/h4-5,7,15H,2-3,6H2,1H3. The van der Waals surface area contributed by atoms with Crippen molar-refractivity contribution in [3.8, 4) is 0 Å². The molecule has 1 N–H and O–H groups in total. The topological polar surface area (TPSA) is 81.2 Å². The summed E-state index contributed by atoms with van der Waals surface area (Å²) >= 11 is 0. The predicted molar refractivity (Wildman–Crippen MR) is 62.8 cm³/mol. The molecule has 0 aliphatic rings. The lowest BCUT2D eigenvalue weighted by Crippen LogP contribution is -1.99. The highest BCUT2D eigenvalue weighted by molar-refractivity contribution is 5.78. The monoisotopic (exact) mass is 235 g/mol. The van der Waals surface area contributed by atoms with Gasteiger partial charge in [0, 0.05) is 32.2 Å². The highest BCUT2D eigenvalue weighted by Gasteiger charge is 2.12. The molecule has 0 aliphatic carbocycles. The second-order valence-electron chi connectivity index (χ2n) is 3.84. The number of nitrogens with zero attached hydrogens (tertiary/aromatic N) is 3. The maximum atomic E-state index is 10.6. The number of rotatable bonds is 4. The molecule has 0 amide bonds. The van der Waals surface area contributed by atoms with Crippen LogP contribution in [0.2, 0.25) is 0 Å². The molecular weight excluding hydrogens is 222 g/mol. The molecule has 90 valence electrons. The summed E-state index contributed by atoms with van der Waals surface area (Å²) in [7, 11) is 1.87. The third kappa shape index (κ3) is 2.12. The number of benzene rings is 1. The van der Waals surface area contributed by atoms with Gasteiger partial charge < -0.3 is 9.67 Å². The van der Waals surface area contributed by atoms with Crippen molar-refractivity contribution in [3.05, 3.63) is 34.1 Å². The summed E-state index contributed by atoms with van der Waals surface area (Å²) in [5.74, 6) is 0.828. The molecule has 1 aromatic heterocycles. The third-order valence-electron chi connectivity index (χ3n) is 2.73. The number of hydrogen-bond donors (Lipinski definition) is 1. The van der Waals surface area contributed by atoms with Crippen LogP contribution in [0, 0.1) is 10.1 Å². The fourth-order valence-corrected chi connectivity index (χ4v) is 1.81. The zero-order chi connectivity index (χ0) is 12.4. The van der Waals surface area contributed by atoms with Crippen LogP contribution < -0.4 is 0 Å². The number of fused-ring (bicyclic) bond motifs is 1. The van der Waals surface area contributed by atoms with E-state index in [0.29, 0.717) is 18.4 Å². The largest absolute Gasteiger partial charge is 0.396 e. The first-order chi connectivity index (χ1) is 8.13. The van der Waals surface area contributed by atoms with Gasteiger partial charge in [-0.1, -0.05) is 0 Å². The summed E-state index contributed by atoms with van der Waals surface area (Å²) in [6.07, 6.45) is 1.30. The van der Waals surface area contributed by atoms with Crippen LogP contribution in [0.25, 0.3) is 11.0 Å². The third-order valence-corrected chi connectivity index (χ3v) is 2.73. The van der Waals surface area contributed by atoms with Crippen LogP contribution in [-0.4, -0.2) is 26.2 Å². The molecule has 2 aromatic rings. The molecule has 0 unspecified atom stereocenters. The first-order valence-electron chi connectivity index (χ1n) is 5.34. The van der Waals surface area contributed by atoms with E-state index in [-0.39, 0.29) is 12.3 Å². The van der Waals surface area contributed by atoms with Crippen molar-refractivity contribution >= 4 is 16.7 Å². The van der Waals surface area contributed by atoms with Crippen molar-refractivity contribution in [2.45, 2.75) is 12.8 Å². The first kappa shape index (κ1) is 11.5. The number of nitro groups is 1. The average molecular weight is 235 g/mol. The molecule has 1 aromatic carbocycles. The second-order valence-corrected chi connectivity index (χ2v) is 3.84. The van der Waals surface area contributed by atoms with Crippen LogP contribution in [0.4, 0.5) is 5.69 Å². The first-order valence-corrected chi connectivity index (χ1v) is 5.34. The van der Waals surface area contributed by atoms with Gasteiger partial charge in [0.15, 0.2) is 0 Å². The number of aryl methyl sites for hydroxylation is 2.